The Morgan fingerprint density at radius 3 is 2.94 bits per heavy atom. The van der Waals surface area contributed by atoms with Crippen LogP contribution < -0.4 is 5.32 Å². The van der Waals surface area contributed by atoms with Crippen LogP contribution in [-0.2, 0) is 6.42 Å². The highest BCUT2D eigenvalue weighted by atomic mass is 79.9. The molecule has 0 aliphatic rings. The lowest BCUT2D eigenvalue weighted by atomic mass is 10.0. The smallest absolute Gasteiger partial charge is 0.0943 e. The highest BCUT2D eigenvalue weighted by Crippen LogP contribution is 2.28. The lowest BCUT2D eigenvalue weighted by Crippen LogP contribution is -2.19. The summed E-state index contributed by atoms with van der Waals surface area (Å²) in [6, 6.07) is 6.17. The van der Waals surface area contributed by atoms with E-state index in [1.54, 1.807) is 11.3 Å². The van der Waals surface area contributed by atoms with E-state index >= 15 is 0 Å². The summed E-state index contributed by atoms with van der Waals surface area (Å²) in [5.41, 5.74) is 1.10. The third-order valence-electron chi connectivity index (χ3n) is 2.55. The molecule has 0 saturated carbocycles. The molecule has 2 rings (SSSR count). The third kappa shape index (κ3) is 3.28. The van der Waals surface area contributed by atoms with Gasteiger partial charge in [0, 0.05) is 33.5 Å². The summed E-state index contributed by atoms with van der Waals surface area (Å²) < 4.78 is 0.996. The normalized spacial score (nSPS) is 12.6. The topological polar surface area (TPSA) is 24.9 Å². The zero-order valence-electron chi connectivity index (χ0n) is 9.28. The van der Waals surface area contributed by atoms with Crippen molar-refractivity contribution < 1.29 is 0 Å². The van der Waals surface area contributed by atoms with Gasteiger partial charge in [-0.25, -0.2) is 4.98 Å². The number of hydrogen-bond acceptors (Lipinski definition) is 3. The minimum atomic E-state index is 0.196. The summed E-state index contributed by atoms with van der Waals surface area (Å²) in [5.74, 6) is 0. The summed E-state index contributed by atoms with van der Waals surface area (Å²) in [5, 5.41) is 7.16. The van der Waals surface area contributed by atoms with Gasteiger partial charge < -0.3 is 5.32 Å². The van der Waals surface area contributed by atoms with Gasteiger partial charge >= 0.3 is 0 Å². The lowest BCUT2D eigenvalue weighted by molar-refractivity contribution is 0.590. The quantitative estimate of drug-likeness (QED) is 0.914. The zero-order chi connectivity index (χ0) is 12.3. The second-order valence-corrected chi connectivity index (χ2v) is 5.94. The Morgan fingerprint density at radius 1 is 1.53 bits per heavy atom. The van der Waals surface area contributed by atoms with Crippen LogP contribution in [0, 0.1) is 0 Å². The molecule has 0 aliphatic heterocycles. The minimum absolute atomic E-state index is 0.196. The fourth-order valence-corrected chi connectivity index (χ4v) is 3.15. The summed E-state index contributed by atoms with van der Waals surface area (Å²) in [4.78, 5) is 4.30. The maximum Gasteiger partial charge on any atom is 0.0943 e. The monoisotopic (exact) mass is 330 g/mol. The molecular formula is C12H12BrClN2S. The summed E-state index contributed by atoms with van der Waals surface area (Å²) >= 11 is 11.3. The molecule has 1 aromatic heterocycles. The Balaban J connectivity index is 2.23. The second-order valence-electron chi connectivity index (χ2n) is 3.64. The Morgan fingerprint density at radius 2 is 2.35 bits per heavy atom. The van der Waals surface area contributed by atoms with Crippen LogP contribution >= 0.6 is 38.9 Å². The highest BCUT2D eigenvalue weighted by Gasteiger charge is 2.14. The van der Waals surface area contributed by atoms with Gasteiger partial charge in [-0.15, -0.1) is 11.3 Å². The van der Waals surface area contributed by atoms with E-state index in [-0.39, 0.29) is 6.04 Å². The molecule has 0 fully saturated rings. The third-order valence-corrected chi connectivity index (χ3v) is 4.17. The van der Waals surface area contributed by atoms with Crippen LogP contribution in [0.25, 0.3) is 0 Å². The average Bonchev–Trinajstić information content (AvgIpc) is 2.79. The van der Waals surface area contributed by atoms with Gasteiger partial charge in [-0.2, -0.15) is 0 Å². The van der Waals surface area contributed by atoms with Crippen LogP contribution in [0.4, 0.5) is 0 Å². The average molecular weight is 332 g/mol. The highest BCUT2D eigenvalue weighted by molar-refractivity contribution is 9.10. The number of thiazole rings is 1. The van der Waals surface area contributed by atoms with Crippen molar-refractivity contribution in [1.82, 2.24) is 10.3 Å². The predicted molar refractivity (Wildman–Crippen MR) is 76.8 cm³/mol. The van der Waals surface area contributed by atoms with E-state index in [1.807, 2.05) is 36.8 Å². The summed E-state index contributed by atoms with van der Waals surface area (Å²) in [6.45, 7) is 0. The molecule has 0 aliphatic carbocycles. The molecule has 0 radical (unpaired) electrons. The van der Waals surface area contributed by atoms with E-state index in [0.29, 0.717) is 0 Å². The SMILES string of the molecule is CNC(Cc1nccs1)c1ccc(Br)cc1Cl. The van der Waals surface area contributed by atoms with E-state index < -0.39 is 0 Å². The van der Waals surface area contributed by atoms with Gasteiger partial charge in [-0.05, 0) is 24.7 Å². The predicted octanol–water partition coefficient (Wildman–Crippen LogP) is 4.06. The first kappa shape index (κ1) is 13.0. The molecule has 2 nitrogen and oxygen atoms in total. The van der Waals surface area contributed by atoms with Gasteiger partial charge in [0.2, 0.25) is 0 Å². The molecule has 17 heavy (non-hydrogen) atoms. The van der Waals surface area contributed by atoms with Gasteiger partial charge in [0.15, 0.2) is 0 Å². The maximum absolute atomic E-state index is 6.26. The van der Waals surface area contributed by atoms with E-state index in [0.717, 1.165) is 26.5 Å². The maximum atomic E-state index is 6.26. The number of rotatable bonds is 4. The van der Waals surface area contributed by atoms with Gasteiger partial charge in [-0.1, -0.05) is 33.6 Å². The van der Waals surface area contributed by atoms with E-state index in [9.17, 15) is 0 Å². The Hall–Kier alpha value is -0.420. The van der Waals surface area contributed by atoms with Crippen LogP contribution in [0.15, 0.2) is 34.2 Å². The molecule has 1 unspecified atom stereocenters. The second kappa shape index (κ2) is 5.96. The fraction of sp³-hybridized carbons (Fsp3) is 0.250. The largest absolute Gasteiger partial charge is 0.313 e. The molecule has 1 aromatic carbocycles. The van der Waals surface area contributed by atoms with Crippen molar-refractivity contribution in [3.05, 3.63) is 49.8 Å². The van der Waals surface area contributed by atoms with Gasteiger partial charge in [-0.3, -0.25) is 0 Å². The van der Waals surface area contributed by atoms with Crippen molar-refractivity contribution >= 4 is 38.9 Å². The van der Waals surface area contributed by atoms with E-state index in [4.69, 9.17) is 11.6 Å². The van der Waals surface area contributed by atoms with Crippen LogP contribution in [0.2, 0.25) is 5.02 Å². The minimum Gasteiger partial charge on any atom is -0.313 e. The molecule has 0 saturated heterocycles. The molecule has 1 heterocycles. The van der Waals surface area contributed by atoms with Gasteiger partial charge in [0.05, 0.1) is 5.01 Å². The van der Waals surface area contributed by atoms with Crippen molar-refractivity contribution in [2.24, 2.45) is 0 Å². The Bertz CT molecular complexity index is 487. The summed E-state index contributed by atoms with van der Waals surface area (Å²) in [7, 11) is 1.94. The molecule has 2 aromatic rings. The van der Waals surface area contributed by atoms with Crippen molar-refractivity contribution in [3.63, 3.8) is 0 Å². The molecule has 90 valence electrons. The fourth-order valence-electron chi connectivity index (χ4n) is 1.68. The number of likely N-dealkylation sites (N-methyl/N-ethyl adjacent to an activating group) is 1. The standard InChI is InChI=1S/C12H12BrClN2S/c1-15-11(7-12-16-4-5-17-12)9-3-2-8(13)6-10(9)14/h2-6,11,15H,7H2,1H3. The Kier molecular flexibility index (Phi) is 4.56. The number of hydrogen-bond donors (Lipinski definition) is 1. The van der Waals surface area contributed by atoms with Crippen LogP contribution in [0.5, 0.6) is 0 Å². The van der Waals surface area contributed by atoms with Gasteiger partial charge in [0.1, 0.15) is 0 Å². The van der Waals surface area contributed by atoms with Crippen molar-refractivity contribution in [2.75, 3.05) is 7.05 Å². The lowest BCUT2D eigenvalue weighted by Gasteiger charge is -2.17. The molecule has 0 bridgehead atoms. The molecular weight excluding hydrogens is 320 g/mol. The van der Waals surface area contributed by atoms with Crippen molar-refractivity contribution in [2.45, 2.75) is 12.5 Å². The number of halogens is 2. The van der Waals surface area contributed by atoms with Crippen molar-refractivity contribution in [1.29, 1.82) is 0 Å². The van der Waals surface area contributed by atoms with Crippen molar-refractivity contribution in [3.8, 4) is 0 Å². The van der Waals surface area contributed by atoms with E-state index in [1.165, 1.54) is 0 Å². The molecule has 0 amide bonds. The van der Waals surface area contributed by atoms with Crippen LogP contribution in [0.1, 0.15) is 16.6 Å². The number of nitrogens with zero attached hydrogens (tertiary/aromatic N) is 1. The summed E-state index contributed by atoms with van der Waals surface area (Å²) in [6.07, 6.45) is 2.69. The molecule has 0 spiro atoms. The molecule has 5 heteroatoms. The van der Waals surface area contributed by atoms with Crippen LogP contribution in [-0.4, -0.2) is 12.0 Å². The first-order valence-electron chi connectivity index (χ1n) is 5.21. The van der Waals surface area contributed by atoms with Crippen LogP contribution in [0.3, 0.4) is 0 Å². The number of aromatic nitrogens is 1. The molecule has 1 atom stereocenters. The van der Waals surface area contributed by atoms with E-state index in [2.05, 4.69) is 26.2 Å². The number of benzene rings is 1. The first-order valence-corrected chi connectivity index (χ1v) is 7.26. The first-order chi connectivity index (χ1) is 8.20. The Labute approximate surface area is 118 Å². The number of nitrogens with one attached hydrogen (secondary N) is 1. The zero-order valence-corrected chi connectivity index (χ0v) is 12.4. The van der Waals surface area contributed by atoms with Gasteiger partial charge in [0.25, 0.3) is 0 Å². The molecule has 1 N–H and O–H groups in total.